The van der Waals surface area contributed by atoms with Gasteiger partial charge in [0.2, 0.25) is 5.36 Å². The molecule has 8 rings (SSSR count). The summed E-state index contributed by atoms with van der Waals surface area (Å²) in [5.41, 5.74) is 1.61. The number of aromatic nitrogens is 3. The number of halogens is 5. The molecule has 2 aliphatic rings. The molecule has 0 N–H and O–H groups in total. The zero-order valence-corrected chi connectivity index (χ0v) is 22.5. The average Bonchev–Trinajstić information content (AvgIpc) is 3.70. The van der Waals surface area contributed by atoms with Crippen LogP contribution in [0.3, 0.4) is 0 Å². The highest BCUT2D eigenvalue weighted by Crippen LogP contribution is 2.43. The maximum atomic E-state index is 16.8. The Balaban J connectivity index is 1.44. The van der Waals surface area contributed by atoms with Crippen LogP contribution in [0.2, 0.25) is 0 Å². The Morgan fingerprint density at radius 2 is 1.42 bits per heavy atom. The van der Waals surface area contributed by atoms with Crippen molar-refractivity contribution in [2.24, 2.45) is 0 Å². The molecular formula is C31H18BF5N4O2. The van der Waals surface area contributed by atoms with E-state index in [1.807, 2.05) is 13.8 Å². The van der Waals surface area contributed by atoms with Gasteiger partial charge in [-0.3, -0.25) is 9.97 Å². The quantitative estimate of drug-likeness (QED) is 0.190. The van der Waals surface area contributed by atoms with Gasteiger partial charge in [-0.25, -0.2) is 13.2 Å². The van der Waals surface area contributed by atoms with E-state index in [1.54, 1.807) is 36.7 Å². The van der Waals surface area contributed by atoms with Gasteiger partial charge in [-0.15, -0.1) is 0 Å². The van der Waals surface area contributed by atoms with Gasteiger partial charge in [-0.1, -0.05) is 0 Å². The first-order valence-corrected chi connectivity index (χ1v) is 13.3. The highest BCUT2D eigenvalue weighted by molar-refractivity contribution is 6.65. The number of rotatable bonds is 3. The summed E-state index contributed by atoms with van der Waals surface area (Å²) in [5.74, 6) is -3.03. The van der Waals surface area contributed by atoms with E-state index in [0.29, 0.717) is 34.8 Å². The van der Waals surface area contributed by atoms with Crippen LogP contribution in [0.5, 0.6) is 0 Å². The van der Waals surface area contributed by atoms with E-state index in [0.717, 1.165) is 20.4 Å². The van der Waals surface area contributed by atoms with E-state index in [-0.39, 0.29) is 38.8 Å². The second-order valence-corrected chi connectivity index (χ2v) is 10.6. The Morgan fingerprint density at radius 1 is 0.791 bits per heavy atom. The molecule has 0 atom stereocenters. The molecule has 1 aromatic carbocycles. The molecule has 6 nitrogen and oxygen atoms in total. The minimum Gasteiger partial charge on any atom is -0.454 e. The number of furan rings is 2. The van der Waals surface area contributed by atoms with Crippen LogP contribution in [0, 0.1) is 31.3 Å². The lowest BCUT2D eigenvalue weighted by molar-refractivity contribution is 0.510. The Kier molecular flexibility index (Phi) is 5.11. The largest absolute Gasteiger partial charge is 0.738 e. The molecule has 0 unspecified atom stereocenters. The van der Waals surface area contributed by atoms with E-state index < -0.39 is 30.0 Å². The highest BCUT2D eigenvalue weighted by atomic mass is 19.2. The van der Waals surface area contributed by atoms with Gasteiger partial charge in [0.1, 0.15) is 34.6 Å². The first kappa shape index (κ1) is 25.5. The fourth-order valence-electron chi connectivity index (χ4n) is 5.87. The molecule has 5 aromatic heterocycles. The molecule has 0 amide bonds. The van der Waals surface area contributed by atoms with Crippen molar-refractivity contribution in [2.75, 3.05) is 0 Å². The maximum absolute atomic E-state index is 16.8. The summed E-state index contributed by atoms with van der Waals surface area (Å²) >= 11 is 0. The summed E-state index contributed by atoms with van der Waals surface area (Å²) < 4.78 is 91.6. The maximum Gasteiger partial charge on any atom is 0.738 e. The molecule has 0 spiro atoms. The lowest BCUT2D eigenvalue weighted by Gasteiger charge is -2.31. The van der Waals surface area contributed by atoms with Crippen molar-refractivity contribution in [3.05, 3.63) is 124 Å². The van der Waals surface area contributed by atoms with Crippen LogP contribution < -0.4 is 15.3 Å². The van der Waals surface area contributed by atoms with E-state index in [1.165, 1.54) is 24.3 Å². The van der Waals surface area contributed by atoms with Crippen LogP contribution >= 0.6 is 0 Å². The number of fused-ring (bicyclic) bond motifs is 5. The molecule has 0 saturated carbocycles. The number of hydrogen-bond acceptors (Lipinski definition) is 4. The molecule has 6 aromatic rings. The van der Waals surface area contributed by atoms with Crippen LogP contribution in [0.4, 0.5) is 21.8 Å². The van der Waals surface area contributed by atoms with Crippen LogP contribution in [0.15, 0.2) is 81.5 Å². The van der Waals surface area contributed by atoms with Crippen LogP contribution in [-0.2, 0) is 0 Å². The van der Waals surface area contributed by atoms with Crippen molar-refractivity contribution < 1.29 is 30.6 Å². The molecule has 0 bridgehead atoms. The number of benzene rings is 1. The van der Waals surface area contributed by atoms with Gasteiger partial charge in [0.25, 0.3) is 0 Å². The monoisotopic (exact) mass is 584 g/mol. The number of nitrogens with zero attached hydrogens (tertiary/aromatic N) is 4. The Hall–Kier alpha value is -5.26. The predicted octanol–water partition coefficient (Wildman–Crippen LogP) is 5.97. The fourth-order valence-corrected chi connectivity index (χ4v) is 5.87. The van der Waals surface area contributed by atoms with Crippen molar-refractivity contribution >= 4 is 29.7 Å². The summed E-state index contributed by atoms with van der Waals surface area (Å²) in [4.78, 5) is 8.49. The second-order valence-electron chi connectivity index (χ2n) is 10.6. The highest BCUT2D eigenvalue weighted by Gasteiger charge is 2.55. The van der Waals surface area contributed by atoms with Crippen LogP contribution in [0.1, 0.15) is 22.6 Å². The van der Waals surface area contributed by atoms with Crippen molar-refractivity contribution in [3.63, 3.8) is 0 Å². The topological polar surface area (TPSA) is 60.0 Å². The zero-order chi connectivity index (χ0) is 29.8. The summed E-state index contributed by atoms with van der Waals surface area (Å²) in [6, 6.07) is 12.3. The lowest BCUT2D eigenvalue weighted by Crippen LogP contribution is -2.56. The predicted molar refractivity (Wildman–Crippen MR) is 150 cm³/mol. The van der Waals surface area contributed by atoms with E-state index >= 15 is 17.4 Å². The molecule has 0 aliphatic carbocycles. The molecule has 7 heterocycles. The first-order chi connectivity index (χ1) is 20.6. The van der Waals surface area contributed by atoms with Crippen LogP contribution in [-0.4, -0.2) is 21.4 Å². The summed E-state index contributed by atoms with van der Waals surface area (Å²) in [5, 5.41) is 0.00922. The minimum absolute atomic E-state index is 0.00922. The Bertz CT molecular complexity index is 2290. The SMILES string of the molecule is Cc1ccc(-c2cc3c(o2)=CC2=C(c4c(F)cc(F)cc4F)c4cc5oc(-c6ccc(C)nc6)cc5n4[B-](F)(F)[N+]=32)cn1. The third-order valence-electron chi connectivity index (χ3n) is 7.84. The van der Waals surface area contributed by atoms with Gasteiger partial charge in [-0.2, -0.15) is 0 Å². The van der Waals surface area contributed by atoms with E-state index in [9.17, 15) is 4.39 Å². The molecule has 43 heavy (non-hydrogen) atoms. The van der Waals surface area contributed by atoms with Crippen molar-refractivity contribution in [1.82, 2.24) is 18.9 Å². The smallest absolute Gasteiger partial charge is 0.454 e. The minimum atomic E-state index is -4.66. The van der Waals surface area contributed by atoms with Gasteiger partial charge >= 0.3 is 6.97 Å². The molecule has 212 valence electrons. The van der Waals surface area contributed by atoms with Crippen LogP contribution in [0.25, 0.3) is 45.4 Å². The van der Waals surface area contributed by atoms with E-state index in [4.69, 9.17) is 8.83 Å². The van der Waals surface area contributed by atoms with Crippen molar-refractivity contribution in [2.45, 2.75) is 13.8 Å². The molecular weight excluding hydrogens is 566 g/mol. The molecule has 2 aliphatic heterocycles. The molecule has 12 heteroatoms. The van der Waals surface area contributed by atoms with Gasteiger partial charge in [0.05, 0.1) is 28.8 Å². The summed E-state index contributed by atoms with van der Waals surface area (Å²) in [6.45, 7) is -1.03. The zero-order valence-electron chi connectivity index (χ0n) is 22.5. The number of allylic oxidation sites excluding steroid dienone is 1. The number of hydrogen-bond donors (Lipinski definition) is 0. The number of pyridine rings is 2. The standard InChI is InChI=1S/C31H18BF5N4O2/c1-15-3-5-17(13-38-15)26-9-22-28(42-26)11-24-31(30-20(34)7-19(33)8-21(30)35)25-12-29-23(41(25)32(36,37)40(22)24)10-27(43-29)18-6-4-16(2)39-14-18/h3-14H,1-2H3. The number of aryl methyl sites for hydroxylation is 2. The van der Waals surface area contributed by atoms with Gasteiger partial charge in [0.15, 0.2) is 11.1 Å². The molecule has 0 radical (unpaired) electrons. The van der Waals surface area contributed by atoms with Crippen molar-refractivity contribution in [3.8, 4) is 22.6 Å². The Morgan fingerprint density at radius 3 is 2.02 bits per heavy atom. The Labute approximate surface area is 239 Å². The van der Waals surface area contributed by atoms with Gasteiger partial charge in [-0.05, 0) is 38.1 Å². The van der Waals surface area contributed by atoms with E-state index in [2.05, 4.69) is 9.97 Å². The second kappa shape index (κ2) is 8.63. The summed E-state index contributed by atoms with van der Waals surface area (Å²) in [6.07, 6.45) is 4.44. The van der Waals surface area contributed by atoms with Gasteiger partial charge in [0, 0.05) is 64.9 Å². The summed E-state index contributed by atoms with van der Waals surface area (Å²) in [7, 11) is 0. The van der Waals surface area contributed by atoms with Gasteiger partial charge < -0.3 is 26.4 Å². The normalized spacial score (nSPS) is 15.1. The third-order valence-corrected chi connectivity index (χ3v) is 7.84. The average molecular weight is 584 g/mol. The molecule has 0 fully saturated rings. The lowest BCUT2D eigenvalue weighted by atomic mass is 9.85. The molecule has 0 saturated heterocycles. The third kappa shape index (κ3) is 3.62. The fraction of sp³-hybridized carbons (Fsp3) is 0.0645. The van der Waals surface area contributed by atoms with Crippen molar-refractivity contribution in [1.29, 1.82) is 0 Å². The first-order valence-electron chi connectivity index (χ1n) is 13.3.